The van der Waals surface area contributed by atoms with Gasteiger partial charge in [-0.15, -0.1) is 0 Å². The van der Waals surface area contributed by atoms with Crippen molar-refractivity contribution in [1.82, 2.24) is 0 Å². The van der Waals surface area contributed by atoms with Crippen LogP contribution in [-0.4, -0.2) is 17.7 Å². The lowest BCUT2D eigenvalue weighted by atomic mass is 10.2. The minimum atomic E-state index is -4.93. The van der Waals surface area contributed by atoms with Gasteiger partial charge in [0.2, 0.25) is 0 Å². The van der Waals surface area contributed by atoms with Gasteiger partial charge in [-0.2, -0.15) is 13.2 Å². The van der Waals surface area contributed by atoms with Crippen molar-refractivity contribution in [3.05, 3.63) is 63.8 Å². The molecular formula is C20H13BrF5NO5. The molecule has 1 N–H and O–H groups in total. The van der Waals surface area contributed by atoms with Gasteiger partial charge in [0, 0.05) is 36.3 Å². The molecule has 12 heteroatoms. The van der Waals surface area contributed by atoms with Gasteiger partial charge >= 0.3 is 18.1 Å². The van der Waals surface area contributed by atoms with E-state index in [0.717, 1.165) is 6.20 Å². The number of rotatable bonds is 4. The first-order valence-electron chi connectivity index (χ1n) is 8.73. The Morgan fingerprint density at radius 2 is 1.56 bits per heavy atom. The van der Waals surface area contributed by atoms with Crippen molar-refractivity contribution >= 4 is 33.6 Å². The minimum Gasteiger partial charge on any atom is -0.451 e. The zero-order valence-electron chi connectivity index (χ0n) is 16.3. The van der Waals surface area contributed by atoms with E-state index in [0.29, 0.717) is 4.47 Å². The Morgan fingerprint density at radius 3 is 2.09 bits per heavy atom. The standard InChI is InChI=1S/C20H13BrF5NO5/c1-19(2)31-17(28)13(18(29)32-19)8-27-11-5-10(21)6-12(7-11)30-16-14(22)3-9(4-15(16)23)20(24,25)26/h3-8,27H,1-2H3. The summed E-state index contributed by atoms with van der Waals surface area (Å²) in [4.78, 5) is 23.9. The molecule has 1 saturated heterocycles. The van der Waals surface area contributed by atoms with Gasteiger partial charge in [-0.3, -0.25) is 0 Å². The Hall–Kier alpha value is -3.15. The van der Waals surface area contributed by atoms with Crippen LogP contribution in [0.1, 0.15) is 19.4 Å². The molecule has 1 heterocycles. The Kier molecular flexibility index (Phi) is 6.18. The topological polar surface area (TPSA) is 73.9 Å². The van der Waals surface area contributed by atoms with E-state index in [-0.39, 0.29) is 23.6 Å². The highest BCUT2D eigenvalue weighted by atomic mass is 79.9. The average molecular weight is 522 g/mol. The van der Waals surface area contributed by atoms with Gasteiger partial charge in [-0.25, -0.2) is 18.4 Å². The zero-order valence-corrected chi connectivity index (χ0v) is 17.9. The smallest absolute Gasteiger partial charge is 0.416 e. The molecule has 0 spiro atoms. The molecule has 0 bridgehead atoms. The number of cyclic esters (lactones) is 2. The van der Waals surface area contributed by atoms with Gasteiger partial charge in [-0.1, -0.05) is 15.9 Å². The molecule has 1 aliphatic rings. The number of anilines is 1. The second kappa shape index (κ2) is 8.41. The fourth-order valence-corrected chi connectivity index (χ4v) is 3.05. The second-order valence-corrected chi connectivity index (χ2v) is 7.84. The molecule has 0 saturated carbocycles. The first-order valence-corrected chi connectivity index (χ1v) is 9.52. The van der Waals surface area contributed by atoms with Crippen LogP contribution in [0.3, 0.4) is 0 Å². The van der Waals surface area contributed by atoms with E-state index in [4.69, 9.17) is 14.2 Å². The lowest BCUT2D eigenvalue weighted by Crippen LogP contribution is -2.42. The number of carbonyl (C=O) groups is 2. The van der Waals surface area contributed by atoms with E-state index < -0.39 is 52.4 Å². The molecule has 170 valence electrons. The maximum Gasteiger partial charge on any atom is 0.416 e. The molecule has 0 atom stereocenters. The molecule has 0 aromatic heterocycles. The number of halogens is 6. The molecule has 0 radical (unpaired) electrons. The van der Waals surface area contributed by atoms with E-state index in [9.17, 15) is 31.5 Å². The van der Waals surface area contributed by atoms with E-state index in [1.807, 2.05) is 0 Å². The fourth-order valence-electron chi connectivity index (χ4n) is 2.58. The van der Waals surface area contributed by atoms with Crippen molar-refractivity contribution in [3.8, 4) is 11.5 Å². The van der Waals surface area contributed by atoms with Crippen molar-refractivity contribution in [2.75, 3.05) is 5.32 Å². The van der Waals surface area contributed by atoms with Gasteiger partial charge in [0.15, 0.2) is 23.0 Å². The van der Waals surface area contributed by atoms with Crippen molar-refractivity contribution in [1.29, 1.82) is 0 Å². The summed E-state index contributed by atoms with van der Waals surface area (Å²) < 4.78 is 81.5. The highest BCUT2D eigenvalue weighted by molar-refractivity contribution is 9.10. The van der Waals surface area contributed by atoms with Crippen LogP contribution in [0.4, 0.5) is 27.6 Å². The molecule has 1 fully saturated rings. The summed E-state index contributed by atoms with van der Waals surface area (Å²) in [5.74, 6) is -7.58. The fraction of sp³-hybridized carbons (Fsp3) is 0.200. The number of hydrogen-bond acceptors (Lipinski definition) is 6. The normalized spacial score (nSPS) is 15.7. The highest BCUT2D eigenvalue weighted by Crippen LogP contribution is 2.36. The number of hydrogen-bond donors (Lipinski definition) is 1. The third-order valence-corrected chi connectivity index (χ3v) is 4.37. The van der Waals surface area contributed by atoms with Crippen LogP contribution in [0, 0.1) is 11.6 Å². The number of nitrogens with one attached hydrogen (secondary N) is 1. The van der Waals surface area contributed by atoms with Gasteiger partial charge in [0.1, 0.15) is 5.75 Å². The Morgan fingerprint density at radius 1 is 1.00 bits per heavy atom. The van der Waals surface area contributed by atoms with Crippen molar-refractivity contribution in [3.63, 3.8) is 0 Å². The van der Waals surface area contributed by atoms with Crippen LogP contribution in [0.5, 0.6) is 11.5 Å². The molecule has 0 aliphatic carbocycles. The van der Waals surface area contributed by atoms with Crippen LogP contribution in [-0.2, 0) is 25.2 Å². The maximum absolute atomic E-state index is 14.1. The van der Waals surface area contributed by atoms with Crippen LogP contribution in [0.15, 0.2) is 46.6 Å². The van der Waals surface area contributed by atoms with Gasteiger partial charge < -0.3 is 19.5 Å². The van der Waals surface area contributed by atoms with Gasteiger partial charge in [0.25, 0.3) is 5.79 Å². The molecule has 3 rings (SSSR count). The predicted molar refractivity (Wildman–Crippen MR) is 104 cm³/mol. The van der Waals surface area contributed by atoms with E-state index in [1.54, 1.807) is 0 Å². The number of esters is 2. The molecule has 0 amide bonds. The summed E-state index contributed by atoms with van der Waals surface area (Å²) >= 11 is 3.15. The minimum absolute atomic E-state index is 0.113. The summed E-state index contributed by atoms with van der Waals surface area (Å²) in [6, 6.07) is 4.21. The summed E-state index contributed by atoms with van der Waals surface area (Å²) in [5.41, 5.74) is -1.75. The second-order valence-electron chi connectivity index (χ2n) is 6.93. The molecule has 2 aromatic rings. The van der Waals surface area contributed by atoms with Crippen molar-refractivity contribution < 1.29 is 45.8 Å². The maximum atomic E-state index is 14.1. The SMILES string of the molecule is CC1(C)OC(=O)C(=CNc2cc(Br)cc(Oc3c(F)cc(C(F)(F)F)cc3F)c2)C(=O)O1. The van der Waals surface area contributed by atoms with E-state index in [2.05, 4.69) is 21.2 Å². The van der Waals surface area contributed by atoms with Crippen LogP contribution >= 0.6 is 15.9 Å². The summed E-state index contributed by atoms with van der Waals surface area (Å²) in [5, 5.41) is 2.62. The number of carbonyl (C=O) groups excluding carboxylic acids is 2. The Labute approximate surface area is 186 Å². The molecule has 2 aromatic carbocycles. The molecule has 6 nitrogen and oxygen atoms in total. The molecule has 32 heavy (non-hydrogen) atoms. The predicted octanol–water partition coefficient (Wildman–Crippen LogP) is 5.67. The lowest BCUT2D eigenvalue weighted by Gasteiger charge is -2.29. The summed E-state index contributed by atoms with van der Waals surface area (Å²) in [7, 11) is 0. The monoisotopic (exact) mass is 521 g/mol. The Balaban J connectivity index is 1.85. The zero-order chi connectivity index (χ0) is 23.8. The Bertz CT molecular complexity index is 1080. The number of alkyl halides is 3. The van der Waals surface area contributed by atoms with Crippen molar-refractivity contribution in [2.24, 2.45) is 0 Å². The summed E-state index contributed by atoms with van der Waals surface area (Å²) in [6.07, 6.45) is -3.93. The van der Waals surface area contributed by atoms with E-state index >= 15 is 0 Å². The third kappa shape index (κ3) is 5.36. The average Bonchev–Trinajstić information content (AvgIpc) is 2.61. The van der Waals surface area contributed by atoms with Gasteiger partial charge in [-0.05, 0) is 24.3 Å². The molecule has 1 aliphatic heterocycles. The van der Waals surface area contributed by atoms with Crippen LogP contribution in [0.25, 0.3) is 0 Å². The van der Waals surface area contributed by atoms with Crippen molar-refractivity contribution in [2.45, 2.75) is 25.8 Å². The first kappa shape index (κ1) is 23.5. The summed E-state index contributed by atoms with van der Waals surface area (Å²) in [6.45, 7) is 2.76. The van der Waals surface area contributed by atoms with E-state index in [1.165, 1.54) is 32.0 Å². The van der Waals surface area contributed by atoms with Crippen LogP contribution < -0.4 is 10.1 Å². The molecular weight excluding hydrogens is 509 g/mol. The van der Waals surface area contributed by atoms with Crippen LogP contribution in [0.2, 0.25) is 0 Å². The highest BCUT2D eigenvalue weighted by Gasteiger charge is 2.39. The first-order chi connectivity index (χ1) is 14.7. The quantitative estimate of drug-likeness (QED) is 0.242. The van der Waals surface area contributed by atoms with Gasteiger partial charge in [0.05, 0.1) is 5.56 Å². The largest absolute Gasteiger partial charge is 0.451 e. The lowest BCUT2D eigenvalue weighted by molar-refractivity contribution is -0.222. The molecule has 0 unspecified atom stereocenters. The number of benzene rings is 2. The number of ether oxygens (including phenoxy) is 3. The third-order valence-electron chi connectivity index (χ3n) is 3.92.